The lowest BCUT2D eigenvalue weighted by molar-refractivity contribution is -0.182. The van der Waals surface area contributed by atoms with Gasteiger partial charge in [0.2, 0.25) is 0 Å². The van der Waals surface area contributed by atoms with Gasteiger partial charge in [0.25, 0.3) is 5.91 Å². The molecule has 2 aromatic rings. The molecular weight excluding hydrogens is 396 g/mol. The lowest BCUT2D eigenvalue weighted by atomic mass is 10.3. The second kappa shape index (κ2) is 7.15. The Morgan fingerprint density at radius 1 is 1.31 bits per heavy atom. The molecule has 0 fully saturated rings. The minimum Gasteiger partial charge on any atom is -0.350 e. The largest absolute Gasteiger partial charge is 0.434 e. The number of alkyl halides is 6. The molecule has 0 unspecified atom stereocenters. The van der Waals surface area contributed by atoms with E-state index in [1.807, 2.05) is 0 Å². The highest BCUT2D eigenvalue weighted by Gasteiger charge is 2.40. The van der Waals surface area contributed by atoms with Crippen LogP contribution in [0.1, 0.15) is 16.2 Å². The van der Waals surface area contributed by atoms with Crippen molar-refractivity contribution in [1.29, 1.82) is 0 Å². The number of ether oxygens (including phenoxy) is 1. The Balaban J connectivity index is 2.05. The zero-order chi connectivity index (χ0) is 19.7. The van der Waals surface area contributed by atoms with Crippen LogP contribution in [0.3, 0.4) is 0 Å². The van der Waals surface area contributed by atoms with Crippen LogP contribution >= 0.6 is 11.6 Å². The number of anilines is 1. The summed E-state index contributed by atoms with van der Waals surface area (Å²) in [6.45, 7) is -2.03. The zero-order valence-electron chi connectivity index (χ0n) is 12.8. The Bertz CT molecular complexity index is 797. The van der Waals surface area contributed by atoms with Crippen LogP contribution in [0.25, 0.3) is 0 Å². The van der Waals surface area contributed by atoms with Gasteiger partial charge < -0.3 is 10.1 Å². The van der Waals surface area contributed by atoms with Crippen molar-refractivity contribution in [2.45, 2.75) is 19.1 Å². The van der Waals surface area contributed by atoms with Gasteiger partial charge in [-0.3, -0.25) is 9.48 Å². The first-order valence-electron chi connectivity index (χ1n) is 6.66. The minimum atomic E-state index is -4.81. The Hall–Kier alpha value is -2.28. The maximum atomic E-state index is 12.8. The quantitative estimate of drug-likeness (QED) is 0.776. The first-order chi connectivity index (χ1) is 11.9. The minimum absolute atomic E-state index is 0.000821. The lowest BCUT2D eigenvalue weighted by Gasteiger charge is -2.07. The van der Waals surface area contributed by atoms with Gasteiger partial charge in [0.05, 0.1) is 18.1 Å². The number of amides is 1. The molecule has 0 aliphatic rings. The van der Waals surface area contributed by atoms with Crippen LogP contribution in [0.2, 0.25) is 5.02 Å². The van der Waals surface area contributed by atoms with Crippen LogP contribution < -0.4 is 5.32 Å². The summed E-state index contributed by atoms with van der Waals surface area (Å²) in [7, 11) is 0.974. The number of aromatic nitrogens is 4. The lowest BCUT2D eigenvalue weighted by Crippen LogP contribution is -2.18. The molecule has 0 aliphatic carbocycles. The molecular formula is C12H10ClF6N5O2. The van der Waals surface area contributed by atoms with Crippen LogP contribution in [0.15, 0.2) is 12.4 Å². The smallest absolute Gasteiger partial charge is 0.350 e. The molecule has 0 spiro atoms. The molecule has 1 N–H and O–H groups in total. The van der Waals surface area contributed by atoms with E-state index in [0.717, 1.165) is 24.1 Å². The number of nitrogens with zero attached hydrogens (tertiary/aromatic N) is 4. The normalized spacial score (nSPS) is 12.5. The molecule has 0 radical (unpaired) electrons. The molecule has 2 aromatic heterocycles. The third-order valence-electron chi connectivity index (χ3n) is 2.85. The number of nitrogens with one attached hydrogen (secondary N) is 1. The van der Waals surface area contributed by atoms with Gasteiger partial charge in [0.1, 0.15) is 18.4 Å². The Morgan fingerprint density at radius 3 is 2.50 bits per heavy atom. The predicted molar refractivity (Wildman–Crippen MR) is 75.4 cm³/mol. The molecule has 0 aromatic carbocycles. The molecule has 1 amide bonds. The van der Waals surface area contributed by atoms with Crippen molar-refractivity contribution in [1.82, 2.24) is 19.6 Å². The van der Waals surface area contributed by atoms with Crippen LogP contribution in [-0.2, 0) is 24.7 Å². The number of halogens is 7. The Labute approximate surface area is 146 Å². The molecule has 144 valence electrons. The number of hydrogen-bond acceptors (Lipinski definition) is 4. The molecule has 0 aliphatic heterocycles. The summed E-state index contributed by atoms with van der Waals surface area (Å²) in [6.07, 6.45) is -7.12. The molecule has 0 bridgehead atoms. The monoisotopic (exact) mass is 405 g/mol. The Kier molecular flexibility index (Phi) is 5.51. The fraction of sp³-hybridized carbons (Fsp3) is 0.417. The maximum absolute atomic E-state index is 12.8. The first-order valence-corrected chi connectivity index (χ1v) is 7.04. The molecule has 7 nitrogen and oxygen atoms in total. The standard InChI is InChI=1S/C12H10ClF6N5O2/c1-23-9(12(17,18)19)7(13)8(22-23)10(25)21-6-2-20-24(3-6)5-26-4-11(14,15)16/h2-3H,4-5H2,1H3,(H,21,25). The van der Waals surface area contributed by atoms with Crippen molar-refractivity contribution >= 4 is 23.2 Å². The second-order valence-electron chi connectivity index (χ2n) is 4.95. The molecule has 0 saturated carbocycles. The fourth-order valence-corrected chi connectivity index (χ4v) is 2.25. The van der Waals surface area contributed by atoms with Crippen LogP contribution in [-0.4, -0.2) is 38.3 Å². The van der Waals surface area contributed by atoms with E-state index in [4.69, 9.17) is 11.6 Å². The van der Waals surface area contributed by atoms with Crippen molar-refractivity contribution in [3.05, 3.63) is 28.8 Å². The van der Waals surface area contributed by atoms with Crippen LogP contribution in [0.5, 0.6) is 0 Å². The van der Waals surface area contributed by atoms with E-state index in [-0.39, 0.29) is 5.69 Å². The zero-order valence-corrected chi connectivity index (χ0v) is 13.6. The van der Waals surface area contributed by atoms with Crippen LogP contribution in [0.4, 0.5) is 32.0 Å². The van der Waals surface area contributed by atoms with Gasteiger partial charge >= 0.3 is 12.4 Å². The Morgan fingerprint density at radius 2 is 1.96 bits per heavy atom. The highest BCUT2D eigenvalue weighted by molar-refractivity contribution is 6.34. The molecule has 14 heteroatoms. The van der Waals surface area contributed by atoms with E-state index in [0.29, 0.717) is 4.68 Å². The number of carbonyl (C=O) groups excluding carboxylic acids is 1. The summed E-state index contributed by atoms with van der Waals surface area (Å²) in [5, 5.41) is 8.38. The van der Waals surface area contributed by atoms with Gasteiger partial charge in [-0.05, 0) is 0 Å². The number of aryl methyl sites for hydroxylation is 1. The summed E-state index contributed by atoms with van der Waals surface area (Å²) < 4.78 is 80.1. The van der Waals surface area contributed by atoms with Crippen molar-refractivity contribution in [2.24, 2.45) is 7.05 Å². The molecule has 2 heterocycles. The van der Waals surface area contributed by atoms with E-state index < -0.39 is 48.0 Å². The molecule has 0 saturated heterocycles. The number of carbonyl (C=O) groups is 1. The van der Waals surface area contributed by atoms with E-state index in [1.54, 1.807) is 0 Å². The van der Waals surface area contributed by atoms with Gasteiger partial charge in [-0.1, -0.05) is 11.6 Å². The van der Waals surface area contributed by atoms with E-state index >= 15 is 0 Å². The average molecular weight is 406 g/mol. The first kappa shape index (κ1) is 20.0. The summed E-state index contributed by atoms with van der Waals surface area (Å²) in [5.74, 6) is -1.04. The van der Waals surface area contributed by atoms with Crippen molar-refractivity contribution in [3.63, 3.8) is 0 Å². The summed E-state index contributed by atoms with van der Waals surface area (Å²) >= 11 is 5.58. The summed E-state index contributed by atoms with van der Waals surface area (Å²) in [4.78, 5) is 12.0. The summed E-state index contributed by atoms with van der Waals surface area (Å²) in [5.41, 5.74) is -1.95. The number of rotatable bonds is 5. The number of hydrogen-bond donors (Lipinski definition) is 1. The van der Waals surface area contributed by atoms with Gasteiger partial charge in [-0.15, -0.1) is 0 Å². The topological polar surface area (TPSA) is 74.0 Å². The van der Waals surface area contributed by atoms with Crippen molar-refractivity contribution < 1.29 is 35.9 Å². The van der Waals surface area contributed by atoms with Gasteiger partial charge in [0.15, 0.2) is 11.4 Å². The maximum Gasteiger partial charge on any atom is 0.434 e. The van der Waals surface area contributed by atoms with Gasteiger partial charge in [-0.2, -0.15) is 36.5 Å². The molecule has 0 atom stereocenters. The molecule has 26 heavy (non-hydrogen) atoms. The molecule has 2 rings (SSSR count). The SMILES string of the molecule is Cn1nc(C(=O)Nc2cnn(COCC(F)(F)F)c2)c(Cl)c1C(F)(F)F. The van der Waals surface area contributed by atoms with E-state index in [2.05, 4.69) is 20.3 Å². The van der Waals surface area contributed by atoms with Crippen molar-refractivity contribution in [3.8, 4) is 0 Å². The highest BCUT2D eigenvalue weighted by atomic mass is 35.5. The fourth-order valence-electron chi connectivity index (χ4n) is 1.90. The highest BCUT2D eigenvalue weighted by Crippen LogP contribution is 2.36. The van der Waals surface area contributed by atoms with Gasteiger partial charge in [-0.25, -0.2) is 4.68 Å². The third-order valence-corrected chi connectivity index (χ3v) is 3.21. The van der Waals surface area contributed by atoms with Gasteiger partial charge in [0, 0.05) is 7.05 Å². The summed E-state index contributed by atoms with van der Waals surface area (Å²) in [6, 6.07) is 0. The predicted octanol–water partition coefficient (Wildman–Crippen LogP) is 3.08. The van der Waals surface area contributed by atoms with E-state index in [1.165, 1.54) is 0 Å². The second-order valence-corrected chi connectivity index (χ2v) is 5.33. The van der Waals surface area contributed by atoms with E-state index in [9.17, 15) is 31.1 Å². The van der Waals surface area contributed by atoms with Crippen molar-refractivity contribution in [2.75, 3.05) is 11.9 Å². The average Bonchev–Trinajstić information content (AvgIpc) is 3.01. The third kappa shape index (κ3) is 4.88. The van der Waals surface area contributed by atoms with Crippen LogP contribution in [0, 0.1) is 0 Å².